The minimum atomic E-state index is -0.144. The number of para-hydroxylation sites is 4. The van der Waals surface area contributed by atoms with Gasteiger partial charge in [-0.05, 0) is 61.4 Å². The molecular weight excluding hydrogens is 552 g/mol. The predicted octanol–water partition coefficient (Wildman–Crippen LogP) is 1.78. The molecule has 10 nitrogen and oxygen atoms in total. The highest BCUT2D eigenvalue weighted by Gasteiger charge is 2.15. The molecule has 0 unspecified atom stereocenters. The molecule has 0 aliphatic heterocycles. The quantitative estimate of drug-likeness (QED) is 0.134. The van der Waals surface area contributed by atoms with Crippen LogP contribution in [-0.4, -0.2) is 71.0 Å². The first-order chi connectivity index (χ1) is 21.5. The number of fused-ring (bicyclic) bond motifs is 4. The van der Waals surface area contributed by atoms with E-state index in [-0.39, 0.29) is 11.8 Å². The predicted molar refractivity (Wildman–Crippen MR) is 172 cm³/mol. The molecule has 4 aromatic carbocycles. The van der Waals surface area contributed by atoms with E-state index in [1.807, 2.05) is 74.5 Å². The maximum absolute atomic E-state index is 12.9. The monoisotopic (exact) mass is 588 g/mol. The SMILES string of the molecule is Cc1cccc2nc3cccc(C(=O)NCC[NH2+]CC[NH2+]CCNC(=O)c4cccc5nc6cccc(C)c6nc45)c3nc12. The normalized spacial score (nSPS) is 11.4. The Hall–Kier alpha value is -5.06. The van der Waals surface area contributed by atoms with Crippen LogP contribution in [0.25, 0.3) is 44.1 Å². The standard InChI is InChI=1S/C34H34N8O2/c1-21-7-3-11-25-29(21)41-31-23(9-5-13-27(31)39-25)33(43)37-19-17-35-15-16-36-18-20-38-34(44)24-10-6-14-28-32(24)42-30-22(2)8-4-12-26(30)40-28/h3-14,35-36H,15-20H2,1-2H3,(H,37,43)(H,38,44)/p+2. The zero-order valence-electron chi connectivity index (χ0n) is 24.9. The van der Waals surface area contributed by atoms with Crippen molar-refractivity contribution in [2.24, 2.45) is 0 Å². The minimum absolute atomic E-state index is 0.144. The molecule has 2 heterocycles. The Kier molecular flexibility index (Phi) is 8.62. The van der Waals surface area contributed by atoms with E-state index in [0.717, 1.165) is 59.4 Å². The smallest absolute Gasteiger partial charge is 0.253 e. The number of amides is 2. The number of benzene rings is 4. The van der Waals surface area contributed by atoms with Gasteiger partial charge in [0, 0.05) is 0 Å². The van der Waals surface area contributed by atoms with Gasteiger partial charge in [0.05, 0.1) is 70.4 Å². The number of quaternary nitrogens is 2. The zero-order chi connectivity index (χ0) is 30.5. The van der Waals surface area contributed by atoms with E-state index >= 15 is 0 Å². The van der Waals surface area contributed by atoms with Gasteiger partial charge in [-0.25, -0.2) is 19.9 Å². The Bertz CT molecular complexity index is 1860. The lowest BCUT2D eigenvalue weighted by atomic mass is 10.1. The maximum atomic E-state index is 12.9. The average Bonchev–Trinajstić information content (AvgIpc) is 3.03. The molecule has 0 atom stereocenters. The van der Waals surface area contributed by atoms with Crippen LogP contribution >= 0.6 is 0 Å². The largest absolute Gasteiger partial charge is 0.346 e. The molecule has 0 aliphatic rings. The summed E-state index contributed by atoms with van der Waals surface area (Å²) < 4.78 is 0. The molecule has 0 radical (unpaired) electrons. The van der Waals surface area contributed by atoms with E-state index in [1.165, 1.54) is 0 Å². The number of rotatable bonds is 11. The number of nitrogens with zero attached hydrogens (tertiary/aromatic N) is 4. The van der Waals surface area contributed by atoms with Crippen LogP contribution in [0.15, 0.2) is 72.8 Å². The number of nitrogens with one attached hydrogen (secondary N) is 2. The van der Waals surface area contributed by atoms with Gasteiger partial charge in [-0.2, -0.15) is 0 Å². The summed E-state index contributed by atoms with van der Waals surface area (Å²) in [4.78, 5) is 44.9. The summed E-state index contributed by atoms with van der Waals surface area (Å²) in [7, 11) is 0. The van der Waals surface area contributed by atoms with Crippen molar-refractivity contribution in [1.29, 1.82) is 0 Å². The third-order valence-electron chi connectivity index (χ3n) is 7.72. The van der Waals surface area contributed by atoms with Crippen molar-refractivity contribution in [2.45, 2.75) is 13.8 Å². The van der Waals surface area contributed by atoms with Crippen molar-refractivity contribution < 1.29 is 20.2 Å². The second-order valence-corrected chi connectivity index (χ2v) is 10.9. The van der Waals surface area contributed by atoms with E-state index < -0.39 is 0 Å². The van der Waals surface area contributed by atoms with Crippen LogP contribution in [-0.2, 0) is 0 Å². The Balaban J connectivity index is 0.917. The topological polar surface area (TPSA) is 143 Å². The summed E-state index contributed by atoms with van der Waals surface area (Å²) in [5.74, 6) is -0.289. The van der Waals surface area contributed by atoms with Crippen LogP contribution < -0.4 is 21.3 Å². The number of hydrogen-bond acceptors (Lipinski definition) is 6. The van der Waals surface area contributed by atoms with E-state index in [9.17, 15) is 9.59 Å². The van der Waals surface area contributed by atoms with Crippen LogP contribution in [0.3, 0.4) is 0 Å². The first-order valence-corrected chi connectivity index (χ1v) is 15.0. The summed E-state index contributed by atoms with van der Waals surface area (Å²) in [5, 5.41) is 10.4. The number of aromatic nitrogens is 4. The summed E-state index contributed by atoms with van der Waals surface area (Å²) in [5.41, 5.74) is 9.08. The van der Waals surface area contributed by atoms with Gasteiger partial charge in [-0.15, -0.1) is 0 Å². The number of hydrogen-bond donors (Lipinski definition) is 4. The molecule has 0 bridgehead atoms. The molecule has 0 spiro atoms. The fraction of sp³-hybridized carbons (Fsp3) is 0.235. The summed E-state index contributed by atoms with van der Waals surface area (Å²) in [6.07, 6.45) is 0. The lowest BCUT2D eigenvalue weighted by molar-refractivity contribution is -0.721. The molecule has 0 aliphatic carbocycles. The summed E-state index contributed by atoms with van der Waals surface area (Å²) in [6, 6.07) is 22.9. The van der Waals surface area contributed by atoms with E-state index in [1.54, 1.807) is 12.1 Å². The zero-order valence-corrected chi connectivity index (χ0v) is 24.9. The third-order valence-corrected chi connectivity index (χ3v) is 7.72. The van der Waals surface area contributed by atoms with Gasteiger partial charge < -0.3 is 21.3 Å². The van der Waals surface area contributed by atoms with Gasteiger partial charge in [0.15, 0.2) is 0 Å². The van der Waals surface area contributed by atoms with Gasteiger partial charge in [0.2, 0.25) is 0 Å². The minimum Gasteiger partial charge on any atom is -0.346 e. The van der Waals surface area contributed by atoms with Crippen molar-refractivity contribution in [2.75, 3.05) is 39.3 Å². The molecule has 10 heteroatoms. The molecule has 2 aromatic heterocycles. The molecule has 6 N–H and O–H groups in total. The fourth-order valence-corrected chi connectivity index (χ4v) is 5.38. The number of carbonyl (C=O) groups is 2. The molecule has 6 rings (SSSR count). The lowest BCUT2D eigenvalue weighted by Crippen LogP contribution is -2.96. The van der Waals surface area contributed by atoms with Crippen molar-refractivity contribution in [1.82, 2.24) is 30.6 Å². The van der Waals surface area contributed by atoms with Crippen molar-refractivity contribution >= 4 is 55.9 Å². The van der Waals surface area contributed by atoms with Crippen LogP contribution in [0.2, 0.25) is 0 Å². The molecule has 222 valence electrons. The van der Waals surface area contributed by atoms with Crippen molar-refractivity contribution in [3.8, 4) is 0 Å². The highest BCUT2D eigenvalue weighted by molar-refractivity contribution is 6.07. The van der Waals surface area contributed by atoms with Crippen LogP contribution in [0.5, 0.6) is 0 Å². The summed E-state index contributed by atoms with van der Waals surface area (Å²) in [6.45, 7) is 8.44. The second-order valence-electron chi connectivity index (χ2n) is 10.9. The molecular formula is C34H36N8O2+2. The van der Waals surface area contributed by atoms with Crippen LogP contribution in [0.1, 0.15) is 31.8 Å². The molecule has 6 aromatic rings. The van der Waals surface area contributed by atoms with Crippen molar-refractivity contribution in [3.63, 3.8) is 0 Å². The Morgan fingerprint density at radius 1 is 0.523 bits per heavy atom. The molecule has 2 amide bonds. The Labute approximate surface area is 254 Å². The Morgan fingerprint density at radius 2 is 0.909 bits per heavy atom. The van der Waals surface area contributed by atoms with Crippen molar-refractivity contribution in [3.05, 3.63) is 95.1 Å². The Morgan fingerprint density at radius 3 is 1.34 bits per heavy atom. The van der Waals surface area contributed by atoms with E-state index in [4.69, 9.17) is 19.9 Å². The number of aryl methyl sites for hydroxylation is 2. The maximum Gasteiger partial charge on any atom is 0.253 e. The summed E-state index contributed by atoms with van der Waals surface area (Å²) >= 11 is 0. The second kappa shape index (κ2) is 13.1. The van der Waals surface area contributed by atoms with Crippen LogP contribution in [0.4, 0.5) is 0 Å². The van der Waals surface area contributed by atoms with Gasteiger partial charge in [0.1, 0.15) is 24.1 Å². The van der Waals surface area contributed by atoms with Gasteiger partial charge in [-0.1, -0.05) is 36.4 Å². The van der Waals surface area contributed by atoms with Gasteiger partial charge >= 0.3 is 0 Å². The van der Waals surface area contributed by atoms with E-state index in [0.29, 0.717) is 46.3 Å². The van der Waals surface area contributed by atoms with Gasteiger partial charge in [-0.3, -0.25) is 9.59 Å². The average molecular weight is 589 g/mol. The lowest BCUT2D eigenvalue weighted by Gasteiger charge is -2.09. The first kappa shape index (κ1) is 29.0. The molecule has 0 fully saturated rings. The first-order valence-electron chi connectivity index (χ1n) is 15.0. The molecule has 44 heavy (non-hydrogen) atoms. The molecule has 0 saturated heterocycles. The molecule has 0 saturated carbocycles. The number of carbonyl (C=O) groups excluding carboxylic acids is 2. The van der Waals surface area contributed by atoms with E-state index in [2.05, 4.69) is 21.3 Å². The van der Waals surface area contributed by atoms with Crippen LogP contribution in [0, 0.1) is 13.8 Å². The van der Waals surface area contributed by atoms with Gasteiger partial charge in [0.25, 0.3) is 11.8 Å². The fourth-order valence-electron chi connectivity index (χ4n) is 5.38. The highest BCUT2D eigenvalue weighted by Crippen LogP contribution is 2.23. The number of nitrogens with two attached hydrogens (primary N) is 2. The highest BCUT2D eigenvalue weighted by atomic mass is 16.2. The third kappa shape index (κ3) is 6.17.